The van der Waals surface area contributed by atoms with Crippen molar-refractivity contribution in [1.29, 1.82) is 0 Å². The number of esters is 1. The van der Waals surface area contributed by atoms with Crippen molar-refractivity contribution in [2.24, 2.45) is 0 Å². The molecule has 0 fully saturated rings. The zero-order valence-corrected chi connectivity index (χ0v) is 10.3. The molecule has 0 aliphatic heterocycles. The van der Waals surface area contributed by atoms with Crippen molar-refractivity contribution in [3.8, 4) is 11.3 Å². The Labute approximate surface area is 102 Å². The fraction of sp³-hybridized carbons (Fsp3) is 0.250. The molecule has 2 heterocycles. The first-order valence-corrected chi connectivity index (χ1v) is 5.91. The highest BCUT2D eigenvalue weighted by molar-refractivity contribution is 7.12. The minimum absolute atomic E-state index is 0.156. The highest BCUT2D eigenvalue weighted by Crippen LogP contribution is 2.34. The summed E-state index contributed by atoms with van der Waals surface area (Å²) in [4.78, 5) is 12.1. The summed E-state index contributed by atoms with van der Waals surface area (Å²) < 4.78 is 10.2. The molecule has 2 rings (SSSR count). The van der Waals surface area contributed by atoms with Gasteiger partial charge in [0.15, 0.2) is 0 Å². The van der Waals surface area contributed by atoms with Gasteiger partial charge in [-0.15, -0.1) is 11.3 Å². The summed E-state index contributed by atoms with van der Waals surface area (Å²) >= 11 is 1.32. The van der Waals surface area contributed by atoms with Gasteiger partial charge >= 0.3 is 5.97 Å². The maximum absolute atomic E-state index is 11.6. The summed E-state index contributed by atoms with van der Waals surface area (Å²) in [6.45, 7) is 1.75. The van der Waals surface area contributed by atoms with E-state index in [0.717, 1.165) is 11.1 Å². The quantitative estimate of drug-likeness (QED) is 0.853. The number of hydrogen-bond acceptors (Lipinski definition) is 5. The molecule has 0 radical (unpaired) electrons. The summed E-state index contributed by atoms with van der Waals surface area (Å²) in [5.74, 6) is 0.676. The number of aliphatic hydroxyl groups is 1. The van der Waals surface area contributed by atoms with E-state index in [1.54, 1.807) is 12.1 Å². The highest BCUT2D eigenvalue weighted by atomic mass is 32.1. The van der Waals surface area contributed by atoms with Crippen LogP contribution in [-0.4, -0.2) is 18.2 Å². The third-order valence-corrected chi connectivity index (χ3v) is 3.49. The maximum Gasteiger partial charge on any atom is 0.348 e. The molecule has 0 aromatic carbocycles. The number of hydrogen-bond donors (Lipinski definition) is 1. The van der Waals surface area contributed by atoms with Crippen LogP contribution >= 0.6 is 11.3 Å². The second-order valence-corrected chi connectivity index (χ2v) is 4.42. The Bertz CT molecular complexity index is 538. The Morgan fingerprint density at radius 3 is 2.88 bits per heavy atom. The number of ether oxygens (including phenoxy) is 1. The number of furan rings is 1. The molecule has 2 aromatic heterocycles. The van der Waals surface area contributed by atoms with E-state index < -0.39 is 0 Å². The van der Waals surface area contributed by atoms with Gasteiger partial charge in [0.05, 0.1) is 7.11 Å². The largest absolute Gasteiger partial charge is 0.465 e. The zero-order chi connectivity index (χ0) is 12.4. The first kappa shape index (κ1) is 11.9. The predicted octanol–water partition coefficient (Wildman–Crippen LogP) is 2.60. The summed E-state index contributed by atoms with van der Waals surface area (Å²) in [5, 5.41) is 10.8. The van der Waals surface area contributed by atoms with Crippen molar-refractivity contribution in [2.45, 2.75) is 13.5 Å². The normalized spacial score (nSPS) is 10.5. The molecule has 0 saturated carbocycles. The minimum Gasteiger partial charge on any atom is -0.465 e. The number of rotatable bonds is 3. The molecule has 0 bridgehead atoms. The summed E-state index contributed by atoms with van der Waals surface area (Å²) in [6.07, 6.45) is 0. The summed E-state index contributed by atoms with van der Waals surface area (Å²) in [6, 6.07) is 3.43. The molecule has 0 aliphatic carbocycles. The number of carbonyl (C=O) groups is 1. The summed E-state index contributed by atoms with van der Waals surface area (Å²) in [7, 11) is 1.35. The van der Waals surface area contributed by atoms with Crippen LogP contribution in [0.25, 0.3) is 11.3 Å². The van der Waals surface area contributed by atoms with Crippen LogP contribution in [0, 0.1) is 6.92 Å². The molecule has 0 amide bonds. The lowest BCUT2D eigenvalue weighted by molar-refractivity contribution is 0.0607. The lowest BCUT2D eigenvalue weighted by atomic mass is 10.1. The molecule has 0 spiro atoms. The Hall–Kier alpha value is -1.59. The molecule has 90 valence electrons. The molecule has 17 heavy (non-hydrogen) atoms. The molecule has 1 N–H and O–H groups in total. The van der Waals surface area contributed by atoms with Crippen molar-refractivity contribution in [3.63, 3.8) is 0 Å². The van der Waals surface area contributed by atoms with E-state index in [1.807, 2.05) is 12.3 Å². The molecule has 5 heteroatoms. The number of carbonyl (C=O) groups excluding carboxylic acids is 1. The molecule has 4 nitrogen and oxygen atoms in total. The zero-order valence-electron chi connectivity index (χ0n) is 9.52. The Morgan fingerprint density at radius 2 is 2.29 bits per heavy atom. The van der Waals surface area contributed by atoms with Gasteiger partial charge in [-0.3, -0.25) is 0 Å². The van der Waals surface area contributed by atoms with Gasteiger partial charge in [-0.05, 0) is 30.0 Å². The molecule has 0 unspecified atom stereocenters. The maximum atomic E-state index is 11.6. The fourth-order valence-corrected chi connectivity index (χ4v) is 2.56. The van der Waals surface area contributed by atoms with Gasteiger partial charge < -0.3 is 14.3 Å². The van der Waals surface area contributed by atoms with Gasteiger partial charge in [-0.25, -0.2) is 4.79 Å². The van der Waals surface area contributed by atoms with E-state index in [1.165, 1.54) is 18.4 Å². The summed E-state index contributed by atoms with van der Waals surface area (Å²) in [5.41, 5.74) is 1.69. The second kappa shape index (κ2) is 4.73. The van der Waals surface area contributed by atoms with Crippen molar-refractivity contribution < 1.29 is 19.1 Å². The smallest absolute Gasteiger partial charge is 0.348 e. The monoisotopic (exact) mass is 252 g/mol. The van der Waals surface area contributed by atoms with Crippen molar-refractivity contribution in [1.82, 2.24) is 0 Å². The van der Waals surface area contributed by atoms with Crippen LogP contribution in [0.3, 0.4) is 0 Å². The van der Waals surface area contributed by atoms with Gasteiger partial charge in [0.25, 0.3) is 0 Å². The van der Waals surface area contributed by atoms with Crippen LogP contribution < -0.4 is 0 Å². The van der Waals surface area contributed by atoms with E-state index in [0.29, 0.717) is 16.4 Å². The molecule has 2 aromatic rings. The number of methoxy groups -OCH3 is 1. The van der Waals surface area contributed by atoms with Crippen LogP contribution in [0.5, 0.6) is 0 Å². The first-order valence-electron chi connectivity index (χ1n) is 5.03. The van der Waals surface area contributed by atoms with Crippen LogP contribution in [0.2, 0.25) is 0 Å². The standard InChI is InChI=1S/C12H12O4S/c1-7-6-17-11(12(14)15-2)10(7)9-4-3-8(5-13)16-9/h3-4,6,13H,5H2,1-2H3. The lowest BCUT2D eigenvalue weighted by Gasteiger charge is -2.01. The van der Waals surface area contributed by atoms with Crippen molar-refractivity contribution >= 4 is 17.3 Å². The third-order valence-electron chi connectivity index (χ3n) is 2.41. The van der Waals surface area contributed by atoms with Crippen molar-refractivity contribution in [3.05, 3.63) is 33.7 Å². The first-order chi connectivity index (χ1) is 8.17. The number of thiophene rings is 1. The van der Waals surface area contributed by atoms with Gasteiger partial charge in [0, 0.05) is 5.56 Å². The van der Waals surface area contributed by atoms with E-state index in [2.05, 4.69) is 0 Å². The topological polar surface area (TPSA) is 59.7 Å². The van der Waals surface area contributed by atoms with Crippen LogP contribution in [-0.2, 0) is 11.3 Å². The number of aliphatic hydroxyl groups excluding tert-OH is 1. The average molecular weight is 252 g/mol. The Morgan fingerprint density at radius 1 is 1.53 bits per heavy atom. The highest BCUT2D eigenvalue weighted by Gasteiger charge is 2.20. The average Bonchev–Trinajstić information content (AvgIpc) is 2.93. The van der Waals surface area contributed by atoms with Gasteiger partial charge in [0.2, 0.25) is 0 Å². The number of aryl methyl sites for hydroxylation is 1. The van der Waals surface area contributed by atoms with E-state index >= 15 is 0 Å². The Balaban J connectivity index is 2.50. The second-order valence-electron chi connectivity index (χ2n) is 3.54. The lowest BCUT2D eigenvalue weighted by Crippen LogP contribution is -2.00. The van der Waals surface area contributed by atoms with Crippen LogP contribution in [0.15, 0.2) is 21.9 Å². The fourth-order valence-electron chi connectivity index (χ4n) is 1.59. The molecular formula is C12H12O4S. The van der Waals surface area contributed by atoms with Crippen molar-refractivity contribution in [2.75, 3.05) is 7.11 Å². The van der Waals surface area contributed by atoms with Gasteiger partial charge in [-0.1, -0.05) is 0 Å². The predicted molar refractivity (Wildman–Crippen MR) is 64.0 cm³/mol. The Kier molecular flexibility index (Phi) is 3.31. The van der Waals surface area contributed by atoms with Gasteiger partial charge in [0.1, 0.15) is 23.0 Å². The van der Waals surface area contributed by atoms with E-state index in [4.69, 9.17) is 14.3 Å². The van der Waals surface area contributed by atoms with E-state index in [-0.39, 0.29) is 12.6 Å². The molecule has 0 saturated heterocycles. The third kappa shape index (κ3) is 2.11. The SMILES string of the molecule is COC(=O)c1scc(C)c1-c1ccc(CO)o1. The molecule has 0 aliphatic rings. The minimum atomic E-state index is -0.375. The molecular weight excluding hydrogens is 240 g/mol. The van der Waals surface area contributed by atoms with E-state index in [9.17, 15) is 4.79 Å². The van der Waals surface area contributed by atoms with Crippen LogP contribution in [0.1, 0.15) is 21.0 Å². The van der Waals surface area contributed by atoms with Gasteiger partial charge in [-0.2, -0.15) is 0 Å². The van der Waals surface area contributed by atoms with Crippen LogP contribution in [0.4, 0.5) is 0 Å². The molecule has 0 atom stereocenters.